The van der Waals surface area contributed by atoms with Crippen molar-refractivity contribution in [1.29, 1.82) is 0 Å². The first-order valence-electron chi connectivity index (χ1n) is 4.50. The highest BCUT2D eigenvalue weighted by Crippen LogP contribution is 2.23. The van der Waals surface area contributed by atoms with Crippen molar-refractivity contribution >= 4 is 12.0 Å². The SMILES string of the molecule is CCOC(=O)C=Cc1cc(O)ccc1O. The molecular weight excluding hydrogens is 196 g/mol. The lowest BCUT2D eigenvalue weighted by molar-refractivity contribution is -0.137. The Morgan fingerprint density at radius 1 is 1.47 bits per heavy atom. The molecule has 0 amide bonds. The van der Waals surface area contributed by atoms with Gasteiger partial charge in [-0.05, 0) is 31.2 Å². The van der Waals surface area contributed by atoms with E-state index in [1.165, 1.54) is 30.4 Å². The van der Waals surface area contributed by atoms with Crippen LogP contribution in [-0.4, -0.2) is 22.8 Å². The maximum atomic E-state index is 11.0. The zero-order chi connectivity index (χ0) is 11.3. The predicted molar refractivity (Wildman–Crippen MR) is 55.4 cm³/mol. The molecule has 0 fully saturated rings. The number of phenols is 2. The highest BCUT2D eigenvalue weighted by atomic mass is 16.5. The van der Waals surface area contributed by atoms with Crippen molar-refractivity contribution < 1.29 is 19.7 Å². The second kappa shape index (κ2) is 5.05. The van der Waals surface area contributed by atoms with Crippen LogP contribution in [0.25, 0.3) is 6.08 Å². The van der Waals surface area contributed by atoms with E-state index in [-0.39, 0.29) is 11.5 Å². The van der Waals surface area contributed by atoms with Gasteiger partial charge >= 0.3 is 5.97 Å². The van der Waals surface area contributed by atoms with E-state index in [9.17, 15) is 9.90 Å². The number of benzene rings is 1. The van der Waals surface area contributed by atoms with Crippen LogP contribution in [0.3, 0.4) is 0 Å². The van der Waals surface area contributed by atoms with Crippen molar-refractivity contribution in [3.63, 3.8) is 0 Å². The number of hydrogen-bond donors (Lipinski definition) is 2. The minimum absolute atomic E-state index is 0.00616. The topological polar surface area (TPSA) is 66.8 Å². The van der Waals surface area contributed by atoms with Crippen molar-refractivity contribution in [2.75, 3.05) is 6.61 Å². The summed E-state index contributed by atoms with van der Waals surface area (Å²) in [6, 6.07) is 4.06. The average Bonchev–Trinajstić information content (AvgIpc) is 2.20. The molecule has 0 aliphatic rings. The summed E-state index contributed by atoms with van der Waals surface area (Å²) in [7, 11) is 0. The molecule has 0 bridgehead atoms. The quantitative estimate of drug-likeness (QED) is 0.450. The molecule has 0 saturated carbocycles. The van der Waals surface area contributed by atoms with Crippen LogP contribution in [0.4, 0.5) is 0 Å². The third-order valence-corrected chi connectivity index (χ3v) is 1.70. The Morgan fingerprint density at radius 3 is 2.87 bits per heavy atom. The molecule has 0 spiro atoms. The number of carbonyl (C=O) groups is 1. The van der Waals surface area contributed by atoms with Gasteiger partial charge in [0, 0.05) is 11.6 Å². The Labute approximate surface area is 87.4 Å². The van der Waals surface area contributed by atoms with Crippen LogP contribution in [0.5, 0.6) is 11.5 Å². The molecule has 0 saturated heterocycles. The summed E-state index contributed by atoms with van der Waals surface area (Å²) in [4.78, 5) is 11.0. The van der Waals surface area contributed by atoms with Crippen LogP contribution in [0.1, 0.15) is 12.5 Å². The van der Waals surface area contributed by atoms with Gasteiger partial charge in [0.25, 0.3) is 0 Å². The van der Waals surface area contributed by atoms with Crippen LogP contribution in [0.2, 0.25) is 0 Å². The number of phenolic OH excluding ortho intramolecular Hbond substituents is 2. The lowest BCUT2D eigenvalue weighted by atomic mass is 10.2. The van der Waals surface area contributed by atoms with E-state index in [0.717, 1.165) is 0 Å². The minimum atomic E-state index is -0.486. The Kier molecular flexibility index (Phi) is 3.74. The summed E-state index contributed by atoms with van der Waals surface area (Å²) in [5.41, 5.74) is 0.364. The molecule has 4 heteroatoms. The van der Waals surface area contributed by atoms with E-state index in [1.54, 1.807) is 6.92 Å². The van der Waals surface area contributed by atoms with Gasteiger partial charge in [-0.3, -0.25) is 0 Å². The summed E-state index contributed by atoms with van der Waals surface area (Å²) in [5, 5.41) is 18.5. The molecule has 1 aromatic carbocycles. The van der Waals surface area contributed by atoms with E-state index in [0.29, 0.717) is 12.2 Å². The first kappa shape index (κ1) is 11.1. The van der Waals surface area contributed by atoms with E-state index in [2.05, 4.69) is 4.74 Å². The second-order valence-corrected chi connectivity index (χ2v) is 2.83. The highest BCUT2D eigenvalue weighted by molar-refractivity contribution is 5.87. The average molecular weight is 208 g/mol. The van der Waals surface area contributed by atoms with Crippen molar-refractivity contribution in [2.45, 2.75) is 6.92 Å². The summed E-state index contributed by atoms with van der Waals surface area (Å²) >= 11 is 0. The van der Waals surface area contributed by atoms with Crippen LogP contribution >= 0.6 is 0 Å². The largest absolute Gasteiger partial charge is 0.508 e. The van der Waals surface area contributed by atoms with Crippen molar-refractivity contribution in [3.05, 3.63) is 29.8 Å². The van der Waals surface area contributed by atoms with Crippen LogP contribution < -0.4 is 0 Å². The van der Waals surface area contributed by atoms with Gasteiger partial charge in [0.1, 0.15) is 11.5 Å². The zero-order valence-corrected chi connectivity index (χ0v) is 8.30. The van der Waals surface area contributed by atoms with E-state index in [4.69, 9.17) is 5.11 Å². The molecule has 0 aliphatic heterocycles. The van der Waals surface area contributed by atoms with Crippen LogP contribution in [0.15, 0.2) is 24.3 Å². The molecule has 2 N–H and O–H groups in total. The third kappa shape index (κ3) is 3.34. The Bertz CT molecular complexity index is 382. The van der Waals surface area contributed by atoms with Gasteiger partial charge in [-0.25, -0.2) is 4.79 Å². The molecule has 0 aliphatic carbocycles. The zero-order valence-electron chi connectivity index (χ0n) is 8.30. The number of aromatic hydroxyl groups is 2. The smallest absolute Gasteiger partial charge is 0.330 e. The van der Waals surface area contributed by atoms with Crippen molar-refractivity contribution in [1.82, 2.24) is 0 Å². The Balaban J connectivity index is 2.79. The number of ether oxygens (including phenoxy) is 1. The Morgan fingerprint density at radius 2 is 2.20 bits per heavy atom. The van der Waals surface area contributed by atoms with Gasteiger partial charge in [-0.2, -0.15) is 0 Å². The van der Waals surface area contributed by atoms with Gasteiger partial charge in [0.2, 0.25) is 0 Å². The summed E-state index contributed by atoms with van der Waals surface area (Å²) < 4.78 is 4.66. The van der Waals surface area contributed by atoms with Gasteiger partial charge in [-0.15, -0.1) is 0 Å². The fourth-order valence-electron chi connectivity index (χ4n) is 1.02. The summed E-state index contributed by atoms with van der Waals surface area (Å²) in [6.45, 7) is 2.01. The molecule has 0 unspecified atom stereocenters. The molecule has 1 aromatic rings. The van der Waals surface area contributed by atoms with Gasteiger partial charge in [0.15, 0.2) is 0 Å². The molecule has 1 rings (SSSR count). The lowest BCUT2D eigenvalue weighted by Gasteiger charge is -1.99. The third-order valence-electron chi connectivity index (χ3n) is 1.70. The first-order valence-corrected chi connectivity index (χ1v) is 4.50. The summed E-state index contributed by atoms with van der Waals surface area (Å²) in [6.07, 6.45) is 2.57. The lowest BCUT2D eigenvalue weighted by Crippen LogP contribution is -1.98. The fraction of sp³-hybridized carbons (Fsp3) is 0.182. The molecule has 0 aromatic heterocycles. The van der Waals surface area contributed by atoms with Crippen molar-refractivity contribution in [2.24, 2.45) is 0 Å². The van der Waals surface area contributed by atoms with E-state index >= 15 is 0 Å². The van der Waals surface area contributed by atoms with Gasteiger partial charge in [0.05, 0.1) is 6.61 Å². The molecule has 15 heavy (non-hydrogen) atoms. The normalized spacial score (nSPS) is 10.5. The Hall–Kier alpha value is -1.97. The van der Waals surface area contributed by atoms with Crippen LogP contribution in [-0.2, 0) is 9.53 Å². The van der Waals surface area contributed by atoms with Gasteiger partial charge < -0.3 is 14.9 Å². The molecule has 0 atom stereocenters. The maximum Gasteiger partial charge on any atom is 0.330 e. The number of rotatable bonds is 3. The fourth-order valence-corrected chi connectivity index (χ4v) is 1.02. The maximum absolute atomic E-state index is 11.0. The van der Waals surface area contributed by atoms with Crippen molar-refractivity contribution in [3.8, 4) is 11.5 Å². The molecule has 80 valence electrons. The van der Waals surface area contributed by atoms with E-state index < -0.39 is 5.97 Å². The number of hydrogen-bond acceptors (Lipinski definition) is 4. The molecule has 4 nitrogen and oxygen atoms in total. The molecule has 0 radical (unpaired) electrons. The van der Waals surface area contributed by atoms with Crippen LogP contribution in [0, 0.1) is 0 Å². The molecule has 0 heterocycles. The first-order chi connectivity index (χ1) is 7.13. The predicted octanol–water partition coefficient (Wildman–Crippen LogP) is 1.67. The minimum Gasteiger partial charge on any atom is -0.508 e. The highest BCUT2D eigenvalue weighted by Gasteiger charge is 2.00. The number of esters is 1. The second-order valence-electron chi connectivity index (χ2n) is 2.83. The van der Waals surface area contributed by atoms with E-state index in [1.807, 2.05) is 0 Å². The van der Waals surface area contributed by atoms with Gasteiger partial charge in [-0.1, -0.05) is 0 Å². The molecular formula is C11H12O4. The number of carbonyl (C=O) groups excluding carboxylic acids is 1. The monoisotopic (exact) mass is 208 g/mol. The summed E-state index contributed by atoms with van der Waals surface area (Å²) in [5.74, 6) is -0.468. The standard InChI is InChI=1S/C11H12O4/c1-2-15-11(14)6-3-8-7-9(12)4-5-10(8)13/h3-7,12-13H,2H2,1H3.